The van der Waals surface area contributed by atoms with Crippen molar-refractivity contribution in [2.45, 2.75) is 0 Å². The Morgan fingerprint density at radius 2 is 1.52 bits per heavy atom. The van der Waals surface area contributed by atoms with Crippen molar-refractivity contribution < 1.29 is 19.2 Å². The monoisotopic (exact) mass is 334 g/mol. The molecule has 0 aliphatic carbocycles. The van der Waals surface area contributed by atoms with E-state index in [9.17, 15) is 14.4 Å². The van der Waals surface area contributed by atoms with E-state index in [-0.39, 0.29) is 16.7 Å². The highest BCUT2D eigenvalue weighted by molar-refractivity contribution is 6.21. The number of benzene rings is 2. The van der Waals surface area contributed by atoms with Crippen molar-refractivity contribution >= 4 is 23.5 Å². The summed E-state index contributed by atoms with van der Waals surface area (Å²) in [6, 6.07) is 13.3. The zero-order valence-electron chi connectivity index (χ0n) is 13.2. The lowest BCUT2D eigenvalue weighted by Crippen LogP contribution is -2.32. The fourth-order valence-electron chi connectivity index (χ4n) is 2.90. The van der Waals surface area contributed by atoms with E-state index in [1.165, 1.54) is 12.1 Å². The van der Waals surface area contributed by atoms with E-state index < -0.39 is 17.8 Å². The highest BCUT2D eigenvalue weighted by atomic mass is 16.7. The maximum atomic E-state index is 12.4. The van der Waals surface area contributed by atoms with Gasteiger partial charge in [0, 0.05) is 18.8 Å². The molecular weight excluding hydrogens is 320 g/mol. The van der Waals surface area contributed by atoms with E-state index >= 15 is 0 Å². The van der Waals surface area contributed by atoms with Crippen LogP contribution in [0.4, 0.5) is 5.69 Å². The molecule has 0 radical (unpaired) electrons. The maximum Gasteiger partial charge on any atom is 0.364 e. The molecule has 25 heavy (non-hydrogen) atoms. The average molecular weight is 334 g/mol. The SMILES string of the molecule is O=C(ON1C(=O)c2ccccc2C1=O)c1cccc(N2CC=CC2)c1. The predicted molar refractivity (Wildman–Crippen MR) is 90.2 cm³/mol. The molecule has 0 aromatic heterocycles. The molecule has 2 aromatic carbocycles. The largest absolute Gasteiger partial charge is 0.364 e. The zero-order chi connectivity index (χ0) is 17.4. The second-order valence-corrected chi connectivity index (χ2v) is 5.76. The second kappa shape index (κ2) is 5.90. The Morgan fingerprint density at radius 1 is 0.880 bits per heavy atom. The Morgan fingerprint density at radius 3 is 2.16 bits per heavy atom. The van der Waals surface area contributed by atoms with E-state index in [0.29, 0.717) is 5.06 Å². The molecule has 2 aliphatic heterocycles. The normalized spacial score (nSPS) is 15.7. The lowest BCUT2D eigenvalue weighted by atomic mass is 10.1. The Balaban J connectivity index is 1.54. The van der Waals surface area contributed by atoms with E-state index in [0.717, 1.165) is 18.8 Å². The second-order valence-electron chi connectivity index (χ2n) is 5.76. The minimum Gasteiger partial charge on any atom is -0.364 e. The molecule has 6 heteroatoms. The van der Waals surface area contributed by atoms with Crippen molar-refractivity contribution in [3.05, 3.63) is 77.4 Å². The van der Waals surface area contributed by atoms with Gasteiger partial charge in [0.1, 0.15) is 0 Å². The molecule has 0 saturated carbocycles. The van der Waals surface area contributed by atoms with Gasteiger partial charge in [-0.3, -0.25) is 9.59 Å². The van der Waals surface area contributed by atoms with Crippen LogP contribution in [0.25, 0.3) is 0 Å². The number of amides is 2. The van der Waals surface area contributed by atoms with Gasteiger partial charge in [0.25, 0.3) is 11.8 Å². The number of anilines is 1. The smallest absolute Gasteiger partial charge is 0.364 e. The van der Waals surface area contributed by atoms with Crippen molar-refractivity contribution in [1.29, 1.82) is 0 Å². The van der Waals surface area contributed by atoms with Crippen molar-refractivity contribution in [2.75, 3.05) is 18.0 Å². The third-order valence-electron chi connectivity index (χ3n) is 4.20. The Hall–Kier alpha value is -3.41. The lowest BCUT2D eigenvalue weighted by molar-refractivity contribution is -0.0584. The summed E-state index contributed by atoms with van der Waals surface area (Å²) in [5.41, 5.74) is 1.62. The highest BCUT2D eigenvalue weighted by Crippen LogP contribution is 2.24. The summed E-state index contributed by atoms with van der Waals surface area (Å²) in [6.07, 6.45) is 4.09. The Kier molecular flexibility index (Phi) is 3.57. The summed E-state index contributed by atoms with van der Waals surface area (Å²) in [5, 5.41) is 0.525. The third-order valence-corrected chi connectivity index (χ3v) is 4.20. The van der Waals surface area contributed by atoms with Crippen LogP contribution in [0.5, 0.6) is 0 Å². The maximum absolute atomic E-state index is 12.4. The summed E-state index contributed by atoms with van der Waals surface area (Å²) in [4.78, 5) is 44.1. The zero-order valence-corrected chi connectivity index (χ0v) is 13.2. The van der Waals surface area contributed by atoms with Crippen LogP contribution in [-0.2, 0) is 4.84 Å². The number of imide groups is 1. The van der Waals surface area contributed by atoms with Crippen LogP contribution in [0.2, 0.25) is 0 Å². The first-order valence-electron chi connectivity index (χ1n) is 7.85. The van der Waals surface area contributed by atoms with Crippen molar-refractivity contribution in [3.8, 4) is 0 Å². The van der Waals surface area contributed by atoms with Crippen LogP contribution in [0, 0.1) is 0 Å². The molecule has 0 fully saturated rings. The molecule has 2 aliphatic rings. The Bertz CT molecular complexity index is 876. The topological polar surface area (TPSA) is 66.9 Å². The van der Waals surface area contributed by atoms with Gasteiger partial charge in [0.2, 0.25) is 0 Å². The number of fused-ring (bicyclic) bond motifs is 1. The minimum absolute atomic E-state index is 0.234. The van der Waals surface area contributed by atoms with Gasteiger partial charge in [0.15, 0.2) is 0 Å². The first-order valence-corrected chi connectivity index (χ1v) is 7.85. The quantitative estimate of drug-likeness (QED) is 0.637. The molecule has 2 amide bonds. The average Bonchev–Trinajstić information content (AvgIpc) is 3.26. The highest BCUT2D eigenvalue weighted by Gasteiger charge is 2.38. The molecule has 6 nitrogen and oxygen atoms in total. The van der Waals surface area contributed by atoms with Crippen LogP contribution >= 0.6 is 0 Å². The fraction of sp³-hybridized carbons (Fsp3) is 0.105. The summed E-state index contributed by atoms with van der Waals surface area (Å²) in [7, 11) is 0. The van der Waals surface area contributed by atoms with Crippen LogP contribution < -0.4 is 4.90 Å². The standard InChI is InChI=1S/C19H14N2O4/c22-17-15-8-1-2-9-16(15)18(23)21(17)25-19(24)13-6-5-7-14(12-13)20-10-3-4-11-20/h1-9,12H,10-11H2. The van der Waals surface area contributed by atoms with Crippen molar-refractivity contribution in [2.24, 2.45) is 0 Å². The minimum atomic E-state index is -0.747. The molecule has 124 valence electrons. The van der Waals surface area contributed by atoms with Gasteiger partial charge < -0.3 is 9.74 Å². The van der Waals surface area contributed by atoms with Crippen molar-refractivity contribution in [1.82, 2.24) is 5.06 Å². The number of carbonyl (C=O) groups excluding carboxylic acids is 3. The van der Waals surface area contributed by atoms with Gasteiger partial charge in [-0.25, -0.2) is 4.79 Å². The van der Waals surface area contributed by atoms with Gasteiger partial charge in [-0.05, 0) is 30.3 Å². The van der Waals surface area contributed by atoms with Crippen LogP contribution in [0.1, 0.15) is 31.1 Å². The van der Waals surface area contributed by atoms with Gasteiger partial charge in [-0.2, -0.15) is 0 Å². The molecule has 0 atom stereocenters. The molecule has 0 unspecified atom stereocenters. The number of hydrogen-bond acceptors (Lipinski definition) is 5. The molecule has 2 aromatic rings. The number of nitrogens with zero attached hydrogens (tertiary/aromatic N) is 2. The fourth-order valence-corrected chi connectivity index (χ4v) is 2.90. The van der Waals surface area contributed by atoms with Gasteiger partial charge in [-0.1, -0.05) is 35.4 Å². The number of carbonyl (C=O) groups is 3. The molecule has 0 N–H and O–H groups in total. The van der Waals surface area contributed by atoms with Crippen LogP contribution in [-0.4, -0.2) is 35.9 Å². The third kappa shape index (κ3) is 2.57. The molecule has 4 rings (SSSR count). The first kappa shape index (κ1) is 15.1. The van der Waals surface area contributed by atoms with Crippen molar-refractivity contribution in [3.63, 3.8) is 0 Å². The summed E-state index contributed by atoms with van der Waals surface area (Å²) < 4.78 is 0. The Labute approximate surface area is 143 Å². The van der Waals surface area contributed by atoms with E-state index in [1.54, 1.807) is 30.3 Å². The van der Waals surface area contributed by atoms with Gasteiger partial charge in [-0.15, -0.1) is 0 Å². The van der Waals surface area contributed by atoms with Gasteiger partial charge >= 0.3 is 5.97 Å². The molecule has 0 spiro atoms. The lowest BCUT2D eigenvalue weighted by Gasteiger charge is -2.18. The first-order chi connectivity index (χ1) is 12.1. The predicted octanol–water partition coefficient (Wildman–Crippen LogP) is 2.43. The number of hydroxylamine groups is 2. The number of rotatable bonds is 3. The van der Waals surface area contributed by atoms with Crippen LogP contribution in [0.15, 0.2) is 60.7 Å². The molecule has 0 bridgehead atoms. The van der Waals surface area contributed by atoms with Gasteiger partial charge in [0.05, 0.1) is 16.7 Å². The molecular formula is C19H14N2O4. The van der Waals surface area contributed by atoms with Crippen LogP contribution in [0.3, 0.4) is 0 Å². The summed E-state index contributed by atoms with van der Waals surface area (Å²) >= 11 is 0. The number of hydrogen-bond donors (Lipinski definition) is 0. The summed E-state index contributed by atoms with van der Waals surface area (Å²) in [6.45, 7) is 1.55. The molecule has 0 saturated heterocycles. The van der Waals surface area contributed by atoms with E-state index in [4.69, 9.17) is 4.84 Å². The van der Waals surface area contributed by atoms with E-state index in [1.807, 2.05) is 18.2 Å². The summed E-state index contributed by atoms with van der Waals surface area (Å²) in [5.74, 6) is -2.01. The van der Waals surface area contributed by atoms with E-state index in [2.05, 4.69) is 4.90 Å². The molecule has 2 heterocycles.